The molecule has 0 aromatic heterocycles. The first-order valence-corrected chi connectivity index (χ1v) is 9.52. The Morgan fingerprint density at radius 1 is 0.792 bits per heavy atom. The molecule has 0 amide bonds. The van der Waals surface area contributed by atoms with E-state index in [9.17, 15) is 0 Å². The maximum Gasteiger partial charge on any atom is 0.139 e. The van der Waals surface area contributed by atoms with Crippen LogP contribution in [0.1, 0.15) is 0 Å². The molecule has 4 aromatic carbocycles. The molecule has 0 bridgehead atoms. The highest BCUT2D eigenvalue weighted by molar-refractivity contribution is 9.11. The van der Waals surface area contributed by atoms with Crippen LogP contribution in [0.5, 0.6) is 5.75 Å². The Hall–Kier alpha value is -1.000. The van der Waals surface area contributed by atoms with Crippen LogP contribution in [0.25, 0.3) is 32.3 Å². The normalized spacial score (nSPS) is 11.5. The van der Waals surface area contributed by atoms with Crippen molar-refractivity contribution in [1.82, 2.24) is 0 Å². The van der Waals surface area contributed by atoms with Gasteiger partial charge in [-0.15, -0.1) is 0 Å². The maximum atomic E-state index is 6.55. The molecule has 0 aliphatic heterocycles. The van der Waals surface area contributed by atoms with E-state index in [1.54, 1.807) is 7.11 Å². The molecular formula is C19H10Br2Cl2O. The second kappa shape index (κ2) is 6.06. The third-order valence-corrected chi connectivity index (χ3v) is 6.23. The molecule has 1 nitrogen and oxygen atoms in total. The number of hydrogen-bond donors (Lipinski definition) is 0. The molecule has 120 valence electrons. The summed E-state index contributed by atoms with van der Waals surface area (Å²) in [5, 5.41) is 7.63. The lowest BCUT2D eigenvalue weighted by Gasteiger charge is -2.14. The van der Waals surface area contributed by atoms with Crippen molar-refractivity contribution in [2.75, 3.05) is 7.11 Å². The standard InChI is InChI=1S/C19H10Br2Cl2O/c1-24-15-8-13(21)18-11(19(15)23)5-3-9-2-4-10-14(22)7-6-12(20)17(10)16(9)18/h2-8H,1H3. The Labute approximate surface area is 165 Å². The van der Waals surface area contributed by atoms with Gasteiger partial charge in [-0.2, -0.15) is 0 Å². The Kier molecular flexibility index (Phi) is 4.16. The number of hydrogen-bond acceptors (Lipinski definition) is 1. The van der Waals surface area contributed by atoms with E-state index in [4.69, 9.17) is 27.9 Å². The fourth-order valence-electron chi connectivity index (χ4n) is 3.15. The minimum Gasteiger partial charge on any atom is -0.495 e. The molecule has 0 radical (unpaired) electrons. The summed E-state index contributed by atoms with van der Waals surface area (Å²) in [7, 11) is 1.62. The van der Waals surface area contributed by atoms with Crippen LogP contribution < -0.4 is 4.74 Å². The quantitative estimate of drug-likeness (QED) is 0.249. The van der Waals surface area contributed by atoms with E-state index >= 15 is 0 Å². The third-order valence-electron chi connectivity index (χ3n) is 4.23. The maximum absolute atomic E-state index is 6.55. The van der Waals surface area contributed by atoms with Crippen LogP contribution in [0.4, 0.5) is 0 Å². The molecule has 0 saturated heterocycles. The first-order chi connectivity index (χ1) is 11.5. The smallest absolute Gasteiger partial charge is 0.139 e. The predicted molar refractivity (Wildman–Crippen MR) is 111 cm³/mol. The van der Waals surface area contributed by atoms with Gasteiger partial charge >= 0.3 is 0 Å². The second-order valence-electron chi connectivity index (χ2n) is 5.48. The Bertz CT molecular complexity index is 1140. The zero-order valence-electron chi connectivity index (χ0n) is 12.5. The van der Waals surface area contributed by atoms with Crippen molar-refractivity contribution in [3.05, 3.63) is 61.5 Å². The zero-order chi connectivity index (χ0) is 17.0. The molecule has 4 rings (SSSR count). The molecule has 4 aromatic rings. The molecule has 0 spiro atoms. The molecule has 0 N–H and O–H groups in total. The highest BCUT2D eigenvalue weighted by atomic mass is 79.9. The lowest BCUT2D eigenvalue weighted by atomic mass is 9.96. The fraction of sp³-hybridized carbons (Fsp3) is 0.0526. The summed E-state index contributed by atoms with van der Waals surface area (Å²) in [5.74, 6) is 0.646. The van der Waals surface area contributed by atoms with Crippen molar-refractivity contribution in [3.63, 3.8) is 0 Å². The summed E-state index contributed by atoms with van der Waals surface area (Å²) >= 11 is 20.3. The van der Waals surface area contributed by atoms with Gasteiger partial charge in [0.05, 0.1) is 12.1 Å². The molecule has 0 atom stereocenters. The number of rotatable bonds is 1. The van der Waals surface area contributed by atoms with E-state index in [1.807, 2.05) is 24.3 Å². The highest BCUT2D eigenvalue weighted by Crippen LogP contribution is 2.45. The van der Waals surface area contributed by atoms with Gasteiger partial charge in [-0.05, 0) is 44.9 Å². The van der Waals surface area contributed by atoms with Crippen molar-refractivity contribution in [1.29, 1.82) is 0 Å². The molecule has 0 saturated carbocycles. The summed E-state index contributed by atoms with van der Waals surface area (Å²) in [6, 6.07) is 14.0. The van der Waals surface area contributed by atoms with E-state index in [-0.39, 0.29) is 0 Å². The van der Waals surface area contributed by atoms with Gasteiger partial charge in [0, 0.05) is 35.5 Å². The van der Waals surface area contributed by atoms with E-state index in [1.165, 1.54) is 0 Å². The molecule has 24 heavy (non-hydrogen) atoms. The number of ether oxygens (including phenoxy) is 1. The molecular weight excluding hydrogens is 475 g/mol. The first-order valence-electron chi connectivity index (χ1n) is 7.18. The van der Waals surface area contributed by atoms with Crippen LogP contribution in [0.15, 0.2) is 51.4 Å². The summed E-state index contributed by atoms with van der Waals surface area (Å²) in [4.78, 5) is 0. The highest BCUT2D eigenvalue weighted by Gasteiger charge is 2.16. The predicted octanol–water partition coefficient (Wildman–Crippen LogP) is 7.99. The molecule has 0 unspecified atom stereocenters. The topological polar surface area (TPSA) is 9.23 Å². The van der Waals surface area contributed by atoms with Crippen molar-refractivity contribution in [2.45, 2.75) is 0 Å². The molecule has 5 heteroatoms. The molecule has 0 heterocycles. The molecule has 0 fully saturated rings. The first kappa shape index (κ1) is 16.5. The average molecular weight is 485 g/mol. The van der Waals surface area contributed by atoms with Crippen molar-refractivity contribution >= 4 is 87.4 Å². The van der Waals surface area contributed by atoms with E-state index in [0.717, 1.165) is 46.3 Å². The summed E-state index contributed by atoms with van der Waals surface area (Å²) in [5.41, 5.74) is 0. The van der Waals surface area contributed by atoms with Gasteiger partial charge in [-0.3, -0.25) is 0 Å². The lowest BCUT2D eigenvalue weighted by molar-refractivity contribution is 0.415. The van der Waals surface area contributed by atoms with Crippen LogP contribution in [0.3, 0.4) is 0 Å². The second-order valence-corrected chi connectivity index (χ2v) is 7.97. The van der Waals surface area contributed by atoms with Gasteiger partial charge in [-0.25, -0.2) is 0 Å². The van der Waals surface area contributed by atoms with Crippen molar-refractivity contribution in [3.8, 4) is 5.75 Å². The monoisotopic (exact) mass is 482 g/mol. The van der Waals surface area contributed by atoms with E-state index in [2.05, 4.69) is 50.1 Å². The summed E-state index contributed by atoms with van der Waals surface area (Å²) in [6.07, 6.45) is 0. The summed E-state index contributed by atoms with van der Waals surface area (Å²) in [6.45, 7) is 0. The lowest BCUT2D eigenvalue weighted by Crippen LogP contribution is -1.89. The Morgan fingerprint density at radius 3 is 2.17 bits per heavy atom. The van der Waals surface area contributed by atoms with Crippen LogP contribution in [0.2, 0.25) is 10.0 Å². The van der Waals surface area contributed by atoms with Crippen molar-refractivity contribution < 1.29 is 4.74 Å². The minimum absolute atomic E-state index is 0.604. The number of methoxy groups -OCH3 is 1. The fourth-order valence-corrected chi connectivity index (χ4v) is 4.82. The van der Waals surface area contributed by atoms with Gasteiger partial charge in [0.2, 0.25) is 0 Å². The van der Waals surface area contributed by atoms with Gasteiger partial charge < -0.3 is 4.74 Å². The van der Waals surface area contributed by atoms with Crippen LogP contribution >= 0.6 is 55.1 Å². The third kappa shape index (κ3) is 2.33. The van der Waals surface area contributed by atoms with Crippen LogP contribution in [-0.4, -0.2) is 7.11 Å². The van der Waals surface area contributed by atoms with E-state index < -0.39 is 0 Å². The minimum atomic E-state index is 0.604. The number of fused-ring (bicyclic) bond motifs is 5. The number of benzene rings is 4. The largest absolute Gasteiger partial charge is 0.495 e. The SMILES string of the molecule is COc1cc(Br)c2c(ccc3ccc4c(Cl)ccc(Br)c4c32)c1Cl. The Balaban J connectivity index is 2.36. The van der Waals surface area contributed by atoms with Gasteiger partial charge in [0.1, 0.15) is 5.75 Å². The van der Waals surface area contributed by atoms with Crippen LogP contribution in [-0.2, 0) is 0 Å². The van der Waals surface area contributed by atoms with Gasteiger partial charge in [0.15, 0.2) is 0 Å². The molecule has 0 aliphatic rings. The van der Waals surface area contributed by atoms with Crippen molar-refractivity contribution in [2.24, 2.45) is 0 Å². The zero-order valence-corrected chi connectivity index (χ0v) is 17.1. The Morgan fingerprint density at radius 2 is 1.46 bits per heavy atom. The number of halogens is 4. The van der Waals surface area contributed by atoms with Gasteiger partial charge in [-0.1, -0.05) is 63.4 Å². The summed E-state index contributed by atoms with van der Waals surface area (Å²) < 4.78 is 7.32. The average Bonchev–Trinajstić information content (AvgIpc) is 2.59. The van der Waals surface area contributed by atoms with Gasteiger partial charge in [0.25, 0.3) is 0 Å². The van der Waals surface area contributed by atoms with E-state index in [0.29, 0.717) is 10.8 Å². The van der Waals surface area contributed by atoms with Crippen LogP contribution in [0, 0.1) is 0 Å². The molecule has 0 aliphatic carbocycles.